The third-order valence-corrected chi connectivity index (χ3v) is 3.30. The van der Waals surface area contributed by atoms with Crippen LogP contribution in [0.25, 0.3) is 0 Å². The Morgan fingerprint density at radius 1 is 1.50 bits per heavy atom. The molecule has 2 rings (SSSR count). The van der Waals surface area contributed by atoms with Crippen LogP contribution in [0.5, 0.6) is 0 Å². The van der Waals surface area contributed by atoms with Crippen LogP contribution in [0.4, 0.5) is 0 Å². The third-order valence-electron chi connectivity index (χ3n) is 3.30. The predicted octanol–water partition coefficient (Wildman–Crippen LogP) is 0.853. The number of carbonyl (C=O) groups is 1. The van der Waals surface area contributed by atoms with Gasteiger partial charge in [0.05, 0.1) is 0 Å². The molecule has 2 fully saturated rings. The summed E-state index contributed by atoms with van der Waals surface area (Å²) in [5.74, 6) is 1.55. The Bertz CT molecular complexity index is 215. The lowest BCUT2D eigenvalue weighted by molar-refractivity contribution is -0.131. The van der Waals surface area contributed by atoms with Crippen molar-refractivity contribution in [2.75, 3.05) is 19.6 Å². The molecule has 0 bridgehead atoms. The van der Waals surface area contributed by atoms with Gasteiger partial charge in [0.25, 0.3) is 0 Å². The molecule has 0 aromatic carbocycles. The molecule has 0 aromatic heterocycles. The van der Waals surface area contributed by atoms with E-state index in [4.69, 9.17) is 0 Å². The minimum absolute atomic E-state index is 0.344. The van der Waals surface area contributed by atoms with Crippen LogP contribution in [0.1, 0.15) is 26.7 Å². The first-order valence-electron chi connectivity index (χ1n) is 5.68. The fourth-order valence-electron chi connectivity index (χ4n) is 2.53. The number of carbonyl (C=O) groups excluding carboxylic acids is 1. The topological polar surface area (TPSA) is 32.3 Å². The van der Waals surface area contributed by atoms with E-state index in [2.05, 4.69) is 19.2 Å². The van der Waals surface area contributed by atoms with Crippen LogP contribution in [0.3, 0.4) is 0 Å². The van der Waals surface area contributed by atoms with Gasteiger partial charge in [-0.3, -0.25) is 4.79 Å². The Balaban J connectivity index is 1.86. The quantitative estimate of drug-likeness (QED) is 0.710. The number of nitrogens with zero attached hydrogens (tertiary/aromatic N) is 1. The molecule has 2 aliphatic heterocycles. The highest BCUT2D eigenvalue weighted by atomic mass is 16.2. The van der Waals surface area contributed by atoms with Crippen molar-refractivity contribution in [3.05, 3.63) is 0 Å². The van der Waals surface area contributed by atoms with E-state index in [0.29, 0.717) is 24.3 Å². The standard InChI is InChI=1S/C11H20N2O/c1-8(2)5-11(14)13-6-9-3-4-12-10(9)7-13/h8-10,12H,3-7H2,1-2H3/t9-,10+/m0/s1. The summed E-state index contributed by atoms with van der Waals surface area (Å²) >= 11 is 0. The van der Waals surface area contributed by atoms with Crippen molar-refractivity contribution >= 4 is 5.91 Å². The van der Waals surface area contributed by atoms with E-state index < -0.39 is 0 Å². The average Bonchev–Trinajstić information content (AvgIpc) is 2.58. The van der Waals surface area contributed by atoms with Crippen molar-refractivity contribution < 1.29 is 4.79 Å². The van der Waals surface area contributed by atoms with E-state index in [-0.39, 0.29) is 0 Å². The molecule has 0 unspecified atom stereocenters. The van der Waals surface area contributed by atoms with Gasteiger partial charge in [0.2, 0.25) is 5.91 Å². The first-order chi connectivity index (χ1) is 6.66. The Hall–Kier alpha value is -0.570. The maximum atomic E-state index is 11.8. The lowest BCUT2D eigenvalue weighted by Crippen LogP contribution is -2.34. The molecule has 0 spiro atoms. The average molecular weight is 196 g/mol. The van der Waals surface area contributed by atoms with E-state index in [0.717, 1.165) is 25.6 Å². The summed E-state index contributed by atoms with van der Waals surface area (Å²) in [4.78, 5) is 13.8. The summed E-state index contributed by atoms with van der Waals surface area (Å²) in [6.45, 7) is 7.28. The summed E-state index contributed by atoms with van der Waals surface area (Å²) in [7, 11) is 0. The molecule has 2 atom stereocenters. The van der Waals surface area contributed by atoms with Crippen molar-refractivity contribution in [2.24, 2.45) is 11.8 Å². The molecule has 3 nitrogen and oxygen atoms in total. The first kappa shape index (κ1) is 9.97. The number of fused-ring (bicyclic) bond motifs is 1. The number of hydrogen-bond acceptors (Lipinski definition) is 2. The lowest BCUT2D eigenvalue weighted by Gasteiger charge is -2.18. The molecule has 1 amide bonds. The van der Waals surface area contributed by atoms with Crippen LogP contribution in [-0.2, 0) is 4.79 Å². The molecule has 0 aromatic rings. The number of rotatable bonds is 2. The van der Waals surface area contributed by atoms with Gasteiger partial charge in [0.15, 0.2) is 0 Å². The highest BCUT2D eigenvalue weighted by molar-refractivity contribution is 5.76. The van der Waals surface area contributed by atoms with Gasteiger partial charge in [-0.15, -0.1) is 0 Å². The summed E-state index contributed by atoms with van der Waals surface area (Å²) in [5.41, 5.74) is 0. The van der Waals surface area contributed by atoms with Crippen molar-refractivity contribution in [3.63, 3.8) is 0 Å². The van der Waals surface area contributed by atoms with E-state index in [1.807, 2.05) is 4.90 Å². The molecular weight excluding hydrogens is 176 g/mol. The second kappa shape index (κ2) is 3.89. The van der Waals surface area contributed by atoms with E-state index in [1.165, 1.54) is 6.42 Å². The summed E-state index contributed by atoms with van der Waals surface area (Å²) in [5, 5.41) is 3.46. The third kappa shape index (κ3) is 1.92. The van der Waals surface area contributed by atoms with Crippen LogP contribution in [0, 0.1) is 11.8 Å². The van der Waals surface area contributed by atoms with Gasteiger partial charge >= 0.3 is 0 Å². The van der Waals surface area contributed by atoms with Gasteiger partial charge in [-0.05, 0) is 24.8 Å². The Kier molecular flexibility index (Phi) is 2.77. The van der Waals surface area contributed by atoms with Crippen LogP contribution in [0.2, 0.25) is 0 Å². The summed E-state index contributed by atoms with van der Waals surface area (Å²) < 4.78 is 0. The van der Waals surface area contributed by atoms with Crippen LogP contribution in [0.15, 0.2) is 0 Å². The number of hydrogen-bond donors (Lipinski definition) is 1. The summed E-state index contributed by atoms with van der Waals surface area (Å²) in [6.07, 6.45) is 1.95. The van der Waals surface area contributed by atoms with Gasteiger partial charge in [0.1, 0.15) is 0 Å². The van der Waals surface area contributed by atoms with Crippen LogP contribution >= 0.6 is 0 Å². The second-order valence-corrected chi connectivity index (χ2v) is 5.01. The summed E-state index contributed by atoms with van der Waals surface area (Å²) in [6, 6.07) is 0.589. The lowest BCUT2D eigenvalue weighted by atomic mass is 10.1. The van der Waals surface area contributed by atoms with Gasteiger partial charge < -0.3 is 10.2 Å². The van der Waals surface area contributed by atoms with Crippen molar-refractivity contribution in [3.8, 4) is 0 Å². The number of nitrogens with one attached hydrogen (secondary N) is 1. The Morgan fingerprint density at radius 2 is 2.29 bits per heavy atom. The normalized spacial score (nSPS) is 31.2. The molecule has 0 aliphatic carbocycles. The maximum Gasteiger partial charge on any atom is 0.222 e. The van der Waals surface area contributed by atoms with Gasteiger partial charge in [-0.1, -0.05) is 13.8 Å². The van der Waals surface area contributed by atoms with E-state index >= 15 is 0 Å². The smallest absolute Gasteiger partial charge is 0.222 e. The molecule has 1 N–H and O–H groups in total. The monoisotopic (exact) mass is 196 g/mol. The number of amides is 1. The largest absolute Gasteiger partial charge is 0.341 e. The molecule has 14 heavy (non-hydrogen) atoms. The second-order valence-electron chi connectivity index (χ2n) is 5.01. The molecule has 80 valence electrons. The predicted molar refractivity (Wildman–Crippen MR) is 55.9 cm³/mol. The molecule has 3 heteroatoms. The first-order valence-corrected chi connectivity index (χ1v) is 5.68. The molecule has 0 radical (unpaired) electrons. The zero-order chi connectivity index (χ0) is 10.1. The molecule has 0 saturated carbocycles. The molecule has 2 aliphatic rings. The highest BCUT2D eigenvalue weighted by Gasteiger charge is 2.37. The van der Waals surface area contributed by atoms with E-state index in [1.54, 1.807) is 0 Å². The van der Waals surface area contributed by atoms with Crippen molar-refractivity contribution in [1.29, 1.82) is 0 Å². The minimum Gasteiger partial charge on any atom is -0.341 e. The Labute approximate surface area is 85.8 Å². The number of likely N-dealkylation sites (tertiary alicyclic amines) is 1. The van der Waals surface area contributed by atoms with Crippen molar-refractivity contribution in [1.82, 2.24) is 10.2 Å². The van der Waals surface area contributed by atoms with Crippen molar-refractivity contribution in [2.45, 2.75) is 32.7 Å². The van der Waals surface area contributed by atoms with Crippen LogP contribution < -0.4 is 5.32 Å². The fraction of sp³-hybridized carbons (Fsp3) is 0.909. The van der Waals surface area contributed by atoms with Gasteiger partial charge in [0, 0.05) is 25.6 Å². The van der Waals surface area contributed by atoms with E-state index in [9.17, 15) is 4.79 Å². The zero-order valence-electron chi connectivity index (χ0n) is 9.12. The molecular formula is C11H20N2O. The molecule has 2 heterocycles. The fourth-order valence-corrected chi connectivity index (χ4v) is 2.53. The SMILES string of the molecule is CC(C)CC(=O)N1C[C@@H]2CCN[C@@H]2C1. The highest BCUT2D eigenvalue weighted by Crippen LogP contribution is 2.25. The van der Waals surface area contributed by atoms with Gasteiger partial charge in [-0.25, -0.2) is 0 Å². The minimum atomic E-state index is 0.344. The Morgan fingerprint density at radius 3 is 2.93 bits per heavy atom. The van der Waals surface area contributed by atoms with Gasteiger partial charge in [-0.2, -0.15) is 0 Å². The zero-order valence-corrected chi connectivity index (χ0v) is 9.12. The van der Waals surface area contributed by atoms with Crippen LogP contribution in [-0.4, -0.2) is 36.5 Å². The molecule has 2 saturated heterocycles. The maximum absolute atomic E-state index is 11.8.